The van der Waals surface area contributed by atoms with Crippen molar-refractivity contribution >= 4 is 21.6 Å². The zero-order chi connectivity index (χ0) is 17.7. The van der Waals surface area contributed by atoms with Gasteiger partial charge in [-0.2, -0.15) is 0 Å². The fraction of sp³-hybridized carbons (Fsp3) is 0.333. The first-order valence-corrected chi connectivity index (χ1v) is 9.68. The average Bonchev–Trinajstić information content (AvgIpc) is 2.52. The maximum absolute atomic E-state index is 12.5. The van der Waals surface area contributed by atoms with E-state index in [1.807, 2.05) is 31.2 Å². The fourth-order valence-corrected chi connectivity index (χ4v) is 4.01. The number of aryl methyl sites for hydroxylation is 2. The van der Waals surface area contributed by atoms with Crippen molar-refractivity contribution in [3.63, 3.8) is 0 Å². The van der Waals surface area contributed by atoms with Crippen molar-refractivity contribution in [1.82, 2.24) is 4.72 Å². The summed E-state index contributed by atoms with van der Waals surface area (Å²) in [4.78, 5) is 0.266. The summed E-state index contributed by atoms with van der Waals surface area (Å²) in [5, 5.41) is 0.567. The van der Waals surface area contributed by atoms with E-state index >= 15 is 0 Å². The molecule has 24 heavy (non-hydrogen) atoms. The minimum absolute atomic E-state index is 0.266. The molecule has 0 fully saturated rings. The molecule has 0 atom stereocenters. The Labute approximate surface area is 148 Å². The molecule has 1 N–H and O–H groups in total. The zero-order valence-corrected chi connectivity index (χ0v) is 15.7. The third-order valence-electron chi connectivity index (χ3n) is 3.70. The first-order valence-electron chi connectivity index (χ1n) is 7.82. The molecule has 6 heteroatoms. The Bertz CT molecular complexity index is 819. The van der Waals surface area contributed by atoms with Gasteiger partial charge in [0.15, 0.2) is 0 Å². The summed E-state index contributed by atoms with van der Waals surface area (Å²) in [5.74, 6) is 0.790. The van der Waals surface area contributed by atoms with Crippen molar-refractivity contribution in [2.24, 2.45) is 0 Å². The number of hydrogen-bond donors (Lipinski definition) is 1. The highest BCUT2D eigenvalue weighted by Gasteiger charge is 2.18. The number of halogens is 1. The van der Waals surface area contributed by atoms with Crippen LogP contribution >= 0.6 is 11.6 Å². The van der Waals surface area contributed by atoms with Gasteiger partial charge in [-0.25, -0.2) is 13.1 Å². The lowest BCUT2D eigenvalue weighted by Crippen LogP contribution is -2.26. The van der Waals surface area contributed by atoms with Gasteiger partial charge in [0.1, 0.15) is 5.75 Å². The van der Waals surface area contributed by atoms with Gasteiger partial charge in [-0.3, -0.25) is 0 Å². The summed E-state index contributed by atoms with van der Waals surface area (Å²) in [6.45, 7) is 6.33. The number of benzene rings is 2. The molecule has 2 rings (SSSR count). The molecule has 0 aliphatic carbocycles. The van der Waals surface area contributed by atoms with Crippen LogP contribution in [0.25, 0.3) is 0 Å². The van der Waals surface area contributed by atoms with E-state index in [4.69, 9.17) is 16.3 Å². The number of sulfonamides is 1. The predicted molar refractivity (Wildman–Crippen MR) is 97.4 cm³/mol. The molecule has 0 unspecified atom stereocenters. The molecule has 0 saturated heterocycles. The van der Waals surface area contributed by atoms with Crippen LogP contribution in [0, 0.1) is 13.8 Å². The topological polar surface area (TPSA) is 55.4 Å². The molecule has 0 heterocycles. The van der Waals surface area contributed by atoms with E-state index in [2.05, 4.69) is 4.72 Å². The molecular formula is C18H22ClNO3S. The SMILES string of the molecule is CCOc1ccccc1CCNS(=O)(=O)c1cc(C)c(Cl)cc1C. The first-order chi connectivity index (χ1) is 11.3. The van der Waals surface area contributed by atoms with Gasteiger partial charge >= 0.3 is 0 Å². The lowest BCUT2D eigenvalue weighted by Gasteiger charge is -2.13. The molecule has 130 valence electrons. The van der Waals surface area contributed by atoms with Crippen molar-refractivity contribution in [2.45, 2.75) is 32.1 Å². The van der Waals surface area contributed by atoms with Crippen molar-refractivity contribution in [3.8, 4) is 5.75 Å². The number of ether oxygens (including phenoxy) is 1. The van der Waals surface area contributed by atoms with Crippen LogP contribution in [0.4, 0.5) is 0 Å². The van der Waals surface area contributed by atoms with Gasteiger partial charge in [0.05, 0.1) is 11.5 Å². The van der Waals surface area contributed by atoms with E-state index in [1.165, 1.54) is 0 Å². The van der Waals surface area contributed by atoms with Crippen LogP contribution in [0.2, 0.25) is 5.02 Å². The molecule has 0 spiro atoms. The molecule has 2 aromatic rings. The molecular weight excluding hydrogens is 346 g/mol. The average molecular weight is 368 g/mol. The number of para-hydroxylation sites is 1. The van der Waals surface area contributed by atoms with Crippen LogP contribution in [0.3, 0.4) is 0 Å². The standard InChI is InChI=1S/C18H22ClNO3S/c1-4-23-17-8-6-5-7-15(17)9-10-20-24(21,22)18-12-13(2)16(19)11-14(18)3/h5-8,11-12,20H,4,9-10H2,1-3H3. The van der Waals surface area contributed by atoms with E-state index < -0.39 is 10.0 Å². The number of rotatable bonds is 7. The van der Waals surface area contributed by atoms with Crippen LogP contribution in [-0.2, 0) is 16.4 Å². The van der Waals surface area contributed by atoms with Gasteiger partial charge in [0.2, 0.25) is 10.0 Å². The summed E-state index contributed by atoms with van der Waals surface area (Å²) in [6.07, 6.45) is 0.557. The maximum atomic E-state index is 12.5. The Morgan fingerprint density at radius 3 is 2.54 bits per heavy atom. The summed E-state index contributed by atoms with van der Waals surface area (Å²) in [7, 11) is -3.57. The molecule has 0 bridgehead atoms. The summed E-state index contributed by atoms with van der Waals surface area (Å²) in [5.41, 5.74) is 2.35. The van der Waals surface area contributed by atoms with Crippen molar-refractivity contribution in [2.75, 3.05) is 13.2 Å². The minimum atomic E-state index is -3.57. The Kier molecular flexibility index (Phi) is 6.27. The van der Waals surface area contributed by atoms with E-state index in [0.29, 0.717) is 30.2 Å². The third kappa shape index (κ3) is 4.50. The van der Waals surface area contributed by atoms with Crippen LogP contribution in [0.15, 0.2) is 41.3 Å². The zero-order valence-electron chi connectivity index (χ0n) is 14.1. The Morgan fingerprint density at radius 1 is 1.12 bits per heavy atom. The monoisotopic (exact) mass is 367 g/mol. The van der Waals surface area contributed by atoms with Gasteiger partial charge < -0.3 is 4.74 Å². The molecule has 0 amide bonds. The van der Waals surface area contributed by atoms with Crippen LogP contribution in [-0.4, -0.2) is 21.6 Å². The fourth-order valence-electron chi connectivity index (χ4n) is 2.45. The maximum Gasteiger partial charge on any atom is 0.240 e. The van der Waals surface area contributed by atoms with Crippen LogP contribution in [0.1, 0.15) is 23.6 Å². The molecule has 4 nitrogen and oxygen atoms in total. The Balaban J connectivity index is 2.10. The summed E-state index contributed by atoms with van der Waals surface area (Å²) >= 11 is 6.04. The van der Waals surface area contributed by atoms with E-state index in [-0.39, 0.29) is 4.90 Å². The molecule has 0 saturated carbocycles. The minimum Gasteiger partial charge on any atom is -0.494 e. The largest absolute Gasteiger partial charge is 0.494 e. The van der Waals surface area contributed by atoms with E-state index in [9.17, 15) is 8.42 Å². The highest BCUT2D eigenvalue weighted by atomic mass is 35.5. The smallest absolute Gasteiger partial charge is 0.240 e. The quantitative estimate of drug-likeness (QED) is 0.808. The molecule has 0 aliphatic heterocycles. The highest BCUT2D eigenvalue weighted by molar-refractivity contribution is 7.89. The molecule has 2 aromatic carbocycles. The lowest BCUT2D eigenvalue weighted by atomic mass is 10.1. The van der Waals surface area contributed by atoms with Crippen molar-refractivity contribution in [3.05, 3.63) is 58.1 Å². The Hall–Kier alpha value is -1.56. The summed E-state index contributed by atoms with van der Waals surface area (Å²) in [6, 6.07) is 10.9. The van der Waals surface area contributed by atoms with Gasteiger partial charge in [0.25, 0.3) is 0 Å². The second kappa shape index (κ2) is 8.01. The Morgan fingerprint density at radius 2 is 1.83 bits per heavy atom. The number of hydrogen-bond acceptors (Lipinski definition) is 3. The van der Waals surface area contributed by atoms with E-state index in [0.717, 1.165) is 16.9 Å². The first kappa shape index (κ1) is 18.8. The highest BCUT2D eigenvalue weighted by Crippen LogP contribution is 2.24. The van der Waals surface area contributed by atoms with Gasteiger partial charge in [-0.1, -0.05) is 29.8 Å². The third-order valence-corrected chi connectivity index (χ3v) is 5.71. The van der Waals surface area contributed by atoms with Crippen molar-refractivity contribution < 1.29 is 13.2 Å². The van der Waals surface area contributed by atoms with Gasteiger partial charge in [0, 0.05) is 11.6 Å². The number of nitrogens with one attached hydrogen (secondary N) is 1. The predicted octanol–water partition coefficient (Wildman–Crippen LogP) is 3.88. The summed E-state index contributed by atoms with van der Waals surface area (Å²) < 4.78 is 33.3. The molecule has 0 aliphatic rings. The second-order valence-electron chi connectivity index (χ2n) is 5.56. The van der Waals surface area contributed by atoms with Crippen LogP contribution in [0.5, 0.6) is 5.75 Å². The second-order valence-corrected chi connectivity index (χ2v) is 7.70. The molecule has 0 aromatic heterocycles. The van der Waals surface area contributed by atoms with Crippen LogP contribution < -0.4 is 9.46 Å². The van der Waals surface area contributed by atoms with E-state index in [1.54, 1.807) is 26.0 Å². The molecule has 0 radical (unpaired) electrons. The van der Waals surface area contributed by atoms with Gasteiger partial charge in [-0.05, 0) is 62.1 Å². The van der Waals surface area contributed by atoms with Crippen molar-refractivity contribution in [1.29, 1.82) is 0 Å². The van der Waals surface area contributed by atoms with Gasteiger partial charge in [-0.15, -0.1) is 0 Å². The normalized spacial score (nSPS) is 11.5. The lowest BCUT2D eigenvalue weighted by molar-refractivity contribution is 0.336.